The number of nitrogens with zero attached hydrogens (tertiary/aromatic N) is 2. The van der Waals surface area contributed by atoms with Crippen LogP contribution in [0.15, 0.2) is 261 Å². The molecule has 310 valence electrons. The summed E-state index contributed by atoms with van der Waals surface area (Å²) >= 11 is 0. The Morgan fingerprint density at radius 2 is 0.788 bits per heavy atom. The van der Waals surface area contributed by atoms with Crippen molar-refractivity contribution >= 4 is 49.8 Å². The Kier molecular flexibility index (Phi) is 9.02. The largest absolute Gasteiger partial charge is 0.339 e. The Hall–Kier alpha value is -8.46. The van der Waals surface area contributed by atoms with E-state index in [4.69, 9.17) is 0 Å². The Morgan fingerprint density at radius 3 is 1.38 bits per heavy atom. The SMILES string of the molecule is C1=CC2=C(c3ccccc3)C3c4ccccc4-c4ccccc4C3N2C=C1c1ccc(N(c2ccc(-c3cccc4ccccc34)cc2)c2ccc(-c3cccc4ccccc34)cc2)cc1. The molecule has 66 heavy (non-hydrogen) atoms. The molecule has 10 aromatic carbocycles. The summed E-state index contributed by atoms with van der Waals surface area (Å²) in [5.41, 5.74) is 19.9. The molecule has 13 rings (SSSR count). The molecule has 0 amide bonds. The van der Waals surface area contributed by atoms with Crippen molar-refractivity contribution in [2.45, 2.75) is 12.0 Å². The van der Waals surface area contributed by atoms with Crippen LogP contribution >= 0.6 is 0 Å². The van der Waals surface area contributed by atoms with Crippen molar-refractivity contribution in [3.05, 3.63) is 283 Å². The lowest BCUT2D eigenvalue weighted by Crippen LogP contribution is -2.26. The Balaban J connectivity index is 0.890. The van der Waals surface area contributed by atoms with E-state index in [0.29, 0.717) is 0 Å². The van der Waals surface area contributed by atoms with Gasteiger partial charge in [0, 0.05) is 34.9 Å². The van der Waals surface area contributed by atoms with Gasteiger partial charge in [-0.15, -0.1) is 0 Å². The minimum Gasteiger partial charge on any atom is -0.339 e. The van der Waals surface area contributed by atoms with Crippen LogP contribution in [0.4, 0.5) is 17.1 Å². The van der Waals surface area contributed by atoms with Gasteiger partial charge in [-0.2, -0.15) is 0 Å². The van der Waals surface area contributed by atoms with Gasteiger partial charge in [0.1, 0.15) is 0 Å². The monoisotopic (exact) mass is 840 g/mol. The number of hydrogen-bond donors (Lipinski definition) is 0. The second kappa shape index (κ2) is 15.7. The first kappa shape index (κ1) is 38.0. The molecule has 0 saturated heterocycles. The quantitative estimate of drug-likeness (QED) is 0.158. The highest BCUT2D eigenvalue weighted by molar-refractivity contribution is 5.98. The van der Waals surface area contributed by atoms with Crippen LogP contribution in [-0.4, -0.2) is 4.90 Å². The average Bonchev–Trinajstić information content (AvgIpc) is 3.74. The molecular formula is C64H44N2. The lowest BCUT2D eigenvalue weighted by Gasteiger charge is -2.37. The van der Waals surface area contributed by atoms with Gasteiger partial charge in [-0.05, 0) is 131 Å². The molecule has 0 radical (unpaired) electrons. The highest BCUT2D eigenvalue weighted by atomic mass is 15.2. The van der Waals surface area contributed by atoms with Crippen LogP contribution in [-0.2, 0) is 0 Å². The van der Waals surface area contributed by atoms with Gasteiger partial charge in [0.15, 0.2) is 0 Å². The standard InChI is InChI=1S/C64H44N2/c1-2-16-48(17-3-1)62-61-41-34-49(42-65(61)64-60-25-11-9-23-58(60)57-22-8-10-24-59(57)63(62)64)43-28-35-50(36-29-43)66(51-37-30-46(31-38-51)55-26-12-18-44-14-4-6-20-53(44)55)52-39-32-47(33-40-52)56-27-13-19-45-15-5-7-21-54(45)56/h1-42,63-64H. The molecule has 10 aromatic rings. The van der Waals surface area contributed by atoms with Gasteiger partial charge < -0.3 is 9.80 Å². The zero-order valence-electron chi connectivity index (χ0n) is 36.3. The summed E-state index contributed by atoms with van der Waals surface area (Å²) in [5.74, 6) is 0.198. The molecular weight excluding hydrogens is 797 g/mol. The van der Waals surface area contributed by atoms with Gasteiger partial charge in [-0.25, -0.2) is 0 Å². The molecule has 2 aliphatic heterocycles. The number of fused-ring (bicyclic) bond motifs is 10. The zero-order chi connectivity index (χ0) is 43.6. The minimum absolute atomic E-state index is 0.143. The van der Waals surface area contributed by atoms with Crippen LogP contribution in [0.3, 0.4) is 0 Å². The maximum absolute atomic E-state index is 2.56. The van der Waals surface area contributed by atoms with Gasteiger partial charge in [-0.1, -0.05) is 206 Å². The number of rotatable bonds is 7. The van der Waals surface area contributed by atoms with Crippen molar-refractivity contribution in [1.82, 2.24) is 4.90 Å². The highest BCUT2D eigenvalue weighted by Crippen LogP contribution is 2.60. The van der Waals surface area contributed by atoms with Crippen molar-refractivity contribution in [2.24, 2.45) is 0 Å². The van der Waals surface area contributed by atoms with Gasteiger partial charge in [0.05, 0.1) is 6.04 Å². The third kappa shape index (κ3) is 6.25. The van der Waals surface area contributed by atoms with Crippen LogP contribution in [0.25, 0.3) is 66.1 Å². The molecule has 2 unspecified atom stereocenters. The first-order valence-corrected chi connectivity index (χ1v) is 23.0. The van der Waals surface area contributed by atoms with Crippen LogP contribution in [0, 0.1) is 0 Å². The van der Waals surface area contributed by atoms with E-state index in [2.05, 4.69) is 265 Å². The summed E-state index contributed by atoms with van der Waals surface area (Å²) in [6.45, 7) is 0. The molecule has 3 aliphatic rings. The Labute approximate surface area is 386 Å². The zero-order valence-corrected chi connectivity index (χ0v) is 36.3. The second-order valence-corrected chi connectivity index (χ2v) is 17.6. The second-order valence-electron chi connectivity index (χ2n) is 17.6. The molecule has 0 saturated carbocycles. The lowest BCUT2D eigenvalue weighted by molar-refractivity contribution is 0.363. The Morgan fingerprint density at radius 1 is 0.333 bits per heavy atom. The average molecular weight is 841 g/mol. The topological polar surface area (TPSA) is 6.48 Å². The molecule has 0 aromatic heterocycles. The van der Waals surface area contributed by atoms with E-state index in [1.807, 2.05) is 0 Å². The molecule has 2 atom stereocenters. The predicted octanol–water partition coefficient (Wildman–Crippen LogP) is 16.9. The number of hydrogen-bond acceptors (Lipinski definition) is 2. The summed E-state index contributed by atoms with van der Waals surface area (Å²) in [4.78, 5) is 4.94. The Bertz CT molecular complexity index is 3440. The molecule has 0 fully saturated rings. The van der Waals surface area contributed by atoms with E-state index in [0.717, 1.165) is 17.1 Å². The van der Waals surface area contributed by atoms with Crippen molar-refractivity contribution in [3.8, 4) is 33.4 Å². The summed E-state index contributed by atoms with van der Waals surface area (Å²) in [6, 6.07) is 86.9. The lowest BCUT2D eigenvalue weighted by atomic mass is 9.72. The van der Waals surface area contributed by atoms with Crippen LogP contribution in [0.2, 0.25) is 0 Å². The molecule has 2 heterocycles. The van der Waals surface area contributed by atoms with Crippen molar-refractivity contribution in [3.63, 3.8) is 0 Å². The third-order valence-electron chi connectivity index (χ3n) is 14.0. The van der Waals surface area contributed by atoms with Crippen LogP contribution in [0.5, 0.6) is 0 Å². The van der Waals surface area contributed by atoms with Gasteiger partial charge >= 0.3 is 0 Å². The normalized spacial score (nSPS) is 15.8. The summed E-state index contributed by atoms with van der Waals surface area (Å²) in [5, 5.41) is 5.02. The molecule has 2 heteroatoms. The van der Waals surface area contributed by atoms with Gasteiger partial charge in [0.2, 0.25) is 0 Å². The van der Waals surface area contributed by atoms with Crippen LogP contribution in [0.1, 0.15) is 34.2 Å². The minimum atomic E-state index is 0.143. The molecule has 0 bridgehead atoms. The van der Waals surface area contributed by atoms with E-state index in [-0.39, 0.29) is 12.0 Å². The molecule has 2 nitrogen and oxygen atoms in total. The number of benzene rings is 10. The van der Waals surface area contributed by atoms with Gasteiger partial charge in [-0.3, -0.25) is 0 Å². The van der Waals surface area contributed by atoms with Crippen molar-refractivity contribution in [2.75, 3.05) is 4.90 Å². The first-order valence-electron chi connectivity index (χ1n) is 23.0. The predicted molar refractivity (Wildman–Crippen MR) is 277 cm³/mol. The van der Waals surface area contributed by atoms with Crippen LogP contribution < -0.4 is 4.90 Å². The first-order chi connectivity index (χ1) is 32.7. The third-order valence-corrected chi connectivity index (χ3v) is 14.0. The van der Waals surface area contributed by atoms with E-state index in [1.165, 1.54) is 94.0 Å². The fraction of sp³-hybridized carbons (Fsp3) is 0.0312. The summed E-state index contributed by atoms with van der Waals surface area (Å²) in [6.07, 6.45) is 7.07. The fourth-order valence-electron chi connectivity index (χ4n) is 11.0. The number of allylic oxidation sites excluding steroid dienone is 3. The summed E-state index contributed by atoms with van der Waals surface area (Å²) in [7, 11) is 0. The smallest absolute Gasteiger partial charge is 0.0702 e. The maximum atomic E-state index is 2.56. The molecule has 1 aliphatic carbocycles. The van der Waals surface area contributed by atoms with E-state index >= 15 is 0 Å². The van der Waals surface area contributed by atoms with E-state index < -0.39 is 0 Å². The van der Waals surface area contributed by atoms with Crippen molar-refractivity contribution in [1.29, 1.82) is 0 Å². The van der Waals surface area contributed by atoms with Crippen molar-refractivity contribution < 1.29 is 0 Å². The van der Waals surface area contributed by atoms with E-state index in [1.54, 1.807) is 0 Å². The summed E-state index contributed by atoms with van der Waals surface area (Å²) < 4.78 is 0. The van der Waals surface area contributed by atoms with Gasteiger partial charge in [0.25, 0.3) is 0 Å². The van der Waals surface area contributed by atoms with E-state index in [9.17, 15) is 0 Å². The highest BCUT2D eigenvalue weighted by Gasteiger charge is 2.46. The molecule has 0 spiro atoms. The fourth-order valence-corrected chi connectivity index (χ4v) is 11.0. The number of anilines is 3. The maximum Gasteiger partial charge on any atom is 0.0702 e. The molecule has 0 N–H and O–H groups in total.